The molecule has 0 aliphatic rings. The number of halogens is 4. The zero-order chi connectivity index (χ0) is 14.9. The van der Waals surface area contributed by atoms with Crippen LogP contribution in [0.4, 0.5) is 24.5 Å². The van der Waals surface area contributed by atoms with E-state index in [0.717, 1.165) is 18.2 Å². The first-order valence-corrected chi connectivity index (χ1v) is 5.77. The summed E-state index contributed by atoms with van der Waals surface area (Å²) >= 11 is 5.76. The van der Waals surface area contributed by atoms with Gasteiger partial charge in [-0.2, -0.15) is 0 Å². The lowest BCUT2D eigenvalue weighted by atomic mass is 10.1. The van der Waals surface area contributed by atoms with Crippen LogP contribution in [0.5, 0.6) is 0 Å². The number of nitrogens with one attached hydrogen (secondary N) is 1. The lowest BCUT2D eigenvalue weighted by molar-refractivity contribution is 0.102. The number of rotatable bonds is 2. The molecule has 7 heteroatoms. The molecule has 0 radical (unpaired) electrons. The second kappa shape index (κ2) is 5.42. The van der Waals surface area contributed by atoms with Crippen molar-refractivity contribution in [2.75, 3.05) is 11.1 Å². The van der Waals surface area contributed by atoms with Gasteiger partial charge in [0.05, 0.1) is 22.0 Å². The maximum Gasteiger partial charge on any atom is 0.258 e. The predicted molar refractivity (Wildman–Crippen MR) is 70.1 cm³/mol. The Morgan fingerprint density at radius 1 is 1.10 bits per heavy atom. The molecular formula is C13H8ClF3N2O. The van der Waals surface area contributed by atoms with Gasteiger partial charge in [-0.15, -0.1) is 0 Å². The van der Waals surface area contributed by atoms with Crippen molar-refractivity contribution in [2.45, 2.75) is 0 Å². The highest BCUT2D eigenvalue weighted by Crippen LogP contribution is 2.24. The van der Waals surface area contributed by atoms with E-state index >= 15 is 0 Å². The minimum Gasteiger partial charge on any atom is -0.396 e. The Balaban J connectivity index is 2.35. The number of hydrogen-bond donors (Lipinski definition) is 2. The third-order valence-corrected chi connectivity index (χ3v) is 2.82. The Kier molecular flexibility index (Phi) is 3.85. The highest BCUT2D eigenvalue weighted by Gasteiger charge is 2.17. The second-order valence-corrected chi connectivity index (χ2v) is 4.34. The van der Waals surface area contributed by atoms with Gasteiger partial charge >= 0.3 is 0 Å². The molecule has 2 aromatic rings. The summed E-state index contributed by atoms with van der Waals surface area (Å²) < 4.78 is 39.8. The Hall–Kier alpha value is -2.21. The maximum atomic E-state index is 13.7. The average Bonchev–Trinajstić information content (AvgIpc) is 2.38. The highest BCUT2D eigenvalue weighted by atomic mass is 35.5. The number of anilines is 2. The van der Waals surface area contributed by atoms with Gasteiger partial charge in [0.2, 0.25) is 0 Å². The van der Waals surface area contributed by atoms with Crippen molar-refractivity contribution in [3.05, 3.63) is 58.4 Å². The molecule has 0 unspecified atom stereocenters. The fraction of sp³-hybridized carbons (Fsp3) is 0. The lowest BCUT2D eigenvalue weighted by Crippen LogP contribution is -2.15. The SMILES string of the molecule is Nc1cc(F)cc(C(=O)Nc2cc(F)ccc2Cl)c1F. The molecule has 0 aromatic heterocycles. The van der Waals surface area contributed by atoms with E-state index in [1.165, 1.54) is 6.07 Å². The van der Waals surface area contributed by atoms with Gasteiger partial charge in [0, 0.05) is 0 Å². The minimum atomic E-state index is -1.06. The summed E-state index contributed by atoms with van der Waals surface area (Å²) in [5.41, 5.74) is 4.07. The topological polar surface area (TPSA) is 55.1 Å². The molecule has 2 aromatic carbocycles. The van der Waals surface area contributed by atoms with Gasteiger partial charge in [-0.3, -0.25) is 4.79 Å². The van der Waals surface area contributed by atoms with Crippen LogP contribution in [0.3, 0.4) is 0 Å². The second-order valence-electron chi connectivity index (χ2n) is 3.93. The van der Waals surface area contributed by atoms with Gasteiger partial charge in [-0.25, -0.2) is 13.2 Å². The van der Waals surface area contributed by atoms with Crippen molar-refractivity contribution in [3.63, 3.8) is 0 Å². The van der Waals surface area contributed by atoms with Crippen LogP contribution < -0.4 is 11.1 Å². The summed E-state index contributed by atoms with van der Waals surface area (Å²) in [6.45, 7) is 0. The maximum absolute atomic E-state index is 13.7. The predicted octanol–water partition coefficient (Wildman–Crippen LogP) is 3.59. The molecule has 3 N–H and O–H groups in total. The van der Waals surface area contributed by atoms with Crippen LogP contribution in [0, 0.1) is 17.5 Å². The van der Waals surface area contributed by atoms with Crippen LogP contribution in [0.25, 0.3) is 0 Å². The monoisotopic (exact) mass is 300 g/mol. The molecule has 1 amide bonds. The molecular weight excluding hydrogens is 293 g/mol. The molecule has 0 saturated carbocycles. The van der Waals surface area contributed by atoms with Gasteiger partial charge in [0.15, 0.2) is 5.82 Å². The highest BCUT2D eigenvalue weighted by molar-refractivity contribution is 6.33. The number of amides is 1. The molecule has 0 saturated heterocycles. The minimum absolute atomic E-state index is 0.0566. The zero-order valence-electron chi connectivity index (χ0n) is 9.88. The Bertz CT molecular complexity index is 692. The number of benzene rings is 2. The lowest BCUT2D eigenvalue weighted by Gasteiger charge is -2.09. The smallest absolute Gasteiger partial charge is 0.258 e. The Morgan fingerprint density at radius 3 is 2.50 bits per heavy atom. The van der Waals surface area contributed by atoms with E-state index in [1.807, 2.05) is 0 Å². The molecule has 0 heterocycles. The van der Waals surface area contributed by atoms with Crippen molar-refractivity contribution in [1.29, 1.82) is 0 Å². The normalized spacial score (nSPS) is 10.4. The number of hydrogen-bond acceptors (Lipinski definition) is 2. The zero-order valence-corrected chi connectivity index (χ0v) is 10.6. The number of carbonyl (C=O) groups is 1. The summed E-state index contributed by atoms with van der Waals surface area (Å²) in [5.74, 6) is -3.54. The van der Waals surface area contributed by atoms with Crippen LogP contribution in [0.2, 0.25) is 5.02 Å². The third kappa shape index (κ3) is 2.85. The molecule has 0 spiro atoms. The van der Waals surface area contributed by atoms with Gasteiger partial charge in [0.25, 0.3) is 5.91 Å². The molecule has 3 nitrogen and oxygen atoms in total. The standard InChI is InChI=1S/C13H8ClF3N2O/c14-9-2-1-6(15)5-11(9)19-13(20)8-3-7(16)4-10(18)12(8)17/h1-5H,18H2,(H,19,20). The molecule has 0 aliphatic heterocycles. The van der Waals surface area contributed by atoms with E-state index < -0.39 is 34.6 Å². The summed E-state index contributed by atoms with van der Waals surface area (Å²) in [5, 5.41) is 2.25. The number of nitrogen functional groups attached to an aromatic ring is 1. The van der Waals surface area contributed by atoms with Crippen LogP contribution in [0.1, 0.15) is 10.4 Å². The summed E-state index contributed by atoms with van der Waals surface area (Å²) in [6, 6.07) is 4.72. The fourth-order valence-electron chi connectivity index (χ4n) is 1.56. The molecule has 20 heavy (non-hydrogen) atoms. The number of carbonyl (C=O) groups excluding carboxylic acids is 1. The van der Waals surface area contributed by atoms with E-state index in [4.69, 9.17) is 17.3 Å². The van der Waals surface area contributed by atoms with Crippen molar-refractivity contribution in [3.8, 4) is 0 Å². The average molecular weight is 301 g/mol. The molecule has 0 bridgehead atoms. The molecule has 104 valence electrons. The largest absolute Gasteiger partial charge is 0.396 e. The van der Waals surface area contributed by atoms with E-state index in [1.54, 1.807) is 0 Å². The van der Waals surface area contributed by atoms with E-state index in [-0.39, 0.29) is 10.7 Å². The van der Waals surface area contributed by atoms with Gasteiger partial charge in [-0.1, -0.05) is 11.6 Å². The quantitative estimate of drug-likeness (QED) is 0.833. The van der Waals surface area contributed by atoms with Crippen molar-refractivity contribution in [1.82, 2.24) is 0 Å². The molecule has 0 aliphatic carbocycles. The van der Waals surface area contributed by atoms with Crippen molar-refractivity contribution < 1.29 is 18.0 Å². The van der Waals surface area contributed by atoms with Crippen molar-refractivity contribution >= 4 is 28.9 Å². The van der Waals surface area contributed by atoms with Crippen LogP contribution >= 0.6 is 11.6 Å². The third-order valence-electron chi connectivity index (χ3n) is 2.49. The summed E-state index contributed by atoms with van der Waals surface area (Å²) in [4.78, 5) is 11.8. The Labute approximate surface area is 117 Å². The van der Waals surface area contributed by atoms with E-state index in [9.17, 15) is 18.0 Å². The van der Waals surface area contributed by atoms with Crippen LogP contribution in [-0.4, -0.2) is 5.91 Å². The molecule has 2 rings (SSSR count). The first-order valence-electron chi connectivity index (χ1n) is 5.39. The van der Waals surface area contributed by atoms with Gasteiger partial charge < -0.3 is 11.1 Å². The summed E-state index contributed by atoms with van der Waals surface area (Å²) in [7, 11) is 0. The molecule has 0 fully saturated rings. The first-order chi connectivity index (χ1) is 9.38. The first kappa shape index (κ1) is 14.2. The van der Waals surface area contributed by atoms with Gasteiger partial charge in [0.1, 0.15) is 11.6 Å². The van der Waals surface area contributed by atoms with Crippen molar-refractivity contribution in [2.24, 2.45) is 0 Å². The number of nitrogens with two attached hydrogens (primary N) is 1. The van der Waals surface area contributed by atoms with E-state index in [2.05, 4.69) is 5.32 Å². The molecule has 0 atom stereocenters. The van der Waals surface area contributed by atoms with Gasteiger partial charge in [-0.05, 0) is 30.3 Å². The summed E-state index contributed by atoms with van der Waals surface area (Å²) in [6.07, 6.45) is 0. The van der Waals surface area contributed by atoms with Crippen LogP contribution in [-0.2, 0) is 0 Å². The Morgan fingerprint density at radius 2 is 1.80 bits per heavy atom. The fourth-order valence-corrected chi connectivity index (χ4v) is 1.72. The van der Waals surface area contributed by atoms with Crippen LogP contribution in [0.15, 0.2) is 30.3 Å². The van der Waals surface area contributed by atoms with E-state index in [0.29, 0.717) is 6.07 Å².